The molecule has 2 saturated heterocycles. The zero-order chi connectivity index (χ0) is 18.9. The van der Waals surface area contributed by atoms with Gasteiger partial charge < -0.3 is 19.9 Å². The summed E-state index contributed by atoms with van der Waals surface area (Å²) in [6.07, 6.45) is 7.59. The highest BCUT2D eigenvalue weighted by atomic mass is 16.5. The summed E-state index contributed by atoms with van der Waals surface area (Å²) in [7, 11) is 1.68. The first-order chi connectivity index (χ1) is 13.3. The molecule has 2 fully saturated rings. The van der Waals surface area contributed by atoms with Crippen molar-refractivity contribution in [1.29, 1.82) is 0 Å². The molecule has 0 aromatic heterocycles. The van der Waals surface area contributed by atoms with Crippen LogP contribution in [0.1, 0.15) is 44.1 Å². The number of amides is 1. The van der Waals surface area contributed by atoms with Crippen molar-refractivity contribution >= 4 is 5.91 Å². The summed E-state index contributed by atoms with van der Waals surface area (Å²) >= 11 is 0. The van der Waals surface area contributed by atoms with Crippen molar-refractivity contribution in [3.8, 4) is 5.75 Å². The number of hydrogen-bond acceptors (Lipinski definition) is 4. The van der Waals surface area contributed by atoms with Crippen molar-refractivity contribution in [2.45, 2.75) is 51.0 Å². The van der Waals surface area contributed by atoms with Gasteiger partial charge in [-0.05, 0) is 69.4 Å². The molecule has 2 aliphatic rings. The fraction of sp³-hybridized carbons (Fsp3) is 0.682. The summed E-state index contributed by atoms with van der Waals surface area (Å²) in [4.78, 5) is 17.8. The summed E-state index contributed by atoms with van der Waals surface area (Å²) in [5.41, 5.74) is 1.17. The van der Waals surface area contributed by atoms with E-state index in [0.29, 0.717) is 18.4 Å². The molecular formula is C22H35N3O2. The predicted octanol–water partition coefficient (Wildman–Crippen LogP) is 2.69. The van der Waals surface area contributed by atoms with E-state index < -0.39 is 0 Å². The molecule has 1 aromatic carbocycles. The van der Waals surface area contributed by atoms with Crippen LogP contribution in [0.5, 0.6) is 5.75 Å². The van der Waals surface area contributed by atoms with Gasteiger partial charge in [0.05, 0.1) is 7.11 Å². The third-order valence-corrected chi connectivity index (χ3v) is 5.90. The molecule has 3 rings (SSSR count). The van der Waals surface area contributed by atoms with Crippen molar-refractivity contribution in [3.05, 3.63) is 29.8 Å². The number of methoxy groups -OCH3 is 1. The Morgan fingerprint density at radius 2 is 2.11 bits per heavy atom. The van der Waals surface area contributed by atoms with Crippen LogP contribution in [-0.4, -0.2) is 68.1 Å². The van der Waals surface area contributed by atoms with Crippen LogP contribution < -0.4 is 10.1 Å². The van der Waals surface area contributed by atoms with Gasteiger partial charge >= 0.3 is 0 Å². The third-order valence-electron chi connectivity index (χ3n) is 5.90. The highest BCUT2D eigenvalue weighted by Gasteiger charge is 2.25. The zero-order valence-electron chi connectivity index (χ0n) is 16.8. The Kier molecular flexibility index (Phi) is 7.96. The van der Waals surface area contributed by atoms with Gasteiger partial charge in [0.2, 0.25) is 5.91 Å². The molecule has 0 radical (unpaired) electrons. The number of hydrogen-bond donors (Lipinski definition) is 1. The predicted molar refractivity (Wildman–Crippen MR) is 109 cm³/mol. The Hall–Kier alpha value is -1.59. The minimum absolute atomic E-state index is 0.295. The number of rotatable bonds is 8. The van der Waals surface area contributed by atoms with Gasteiger partial charge in [0.25, 0.3) is 0 Å². The molecule has 2 heterocycles. The van der Waals surface area contributed by atoms with Gasteiger partial charge in [0, 0.05) is 32.1 Å². The minimum Gasteiger partial charge on any atom is -0.497 e. The summed E-state index contributed by atoms with van der Waals surface area (Å²) in [5, 5.41) is 3.47. The smallest absolute Gasteiger partial charge is 0.223 e. The SMILES string of the molecule is COc1cccc(CCC(=O)N(CCN2CCCCC2)C2CCCNC2)c1. The van der Waals surface area contributed by atoms with Crippen LogP contribution in [0.2, 0.25) is 0 Å². The molecule has 150 valence electrons. The number of nitrogens with zero attached hydrogens (tertiary/aromatic N) is 2. The Morgan fingerprint density at radius 3 is 2.85 bits per heavy atom. The van der Waals surface area contributed by atoms with Crippen LogP contribution in [0.25, 0.3) is 0 Å². The van der Waals surface area contributed by atoms with Crippen molar-refractivity contribution in [2.75, 3.05) is 46.4 Å². The molecule has 1 aromatic rings. The van der Waals surface area contributed by atoms with Crippen LogP contribution in [0.4, 0.5) is 0 Å². The number of benzene rings is 1. The van der Waals surface area contributed by atoms with Crippen LogP contribution in [0, 0.1) is 0 Å². The Labute approximate surface area is 164 Å². The van der Waals surface area contributed by atoms with Gasteiger partial charge in [-0.15, -0.1) is 0 Å². The molecule has 27 heavy (non-hydrogen) atoms. The molecule has 1 atom stereocenters. The lowest BCUT2D eigenvalue weighted by Gasteiger charge is -2.37. The van der Waals surface area contributed by atoms with Gasteiger partial charge in [-0.3, -0.25) is 4.79 Å². The second-order valence-electron chi connectivity index (χ2n) is 7.84. The summed E-state index contributed by atoms with van der Waals surface area (Å²) in [6.45, 7) is 6.27. The maximum absolute atomic E-state index is 13.1. The van der Waals surface area contributed by atoms with Gasteiger partial charge in [0.15, 0.2) is 0 Å². The lowest BCUT2D eigenvalue weighted by molar-refractivity contribution is -0.134. The second kappa shape index (κ2) is 10.7. The summed E-state index contributed by atoms with van der Waals surface area (Å²) in [6, 6.07) is 8.41. The number of carbonyl (C=O) groups is 1. The third kappa shape index (κ3) is 6.22. The fourth-order valence-corrected chi connectivity index (χ4v) is 4.27. The van der Waals surface area contributed by atoms with Gasteiger partial charge in [0.1, 0.15) is 5.75 Å². The standard InChI is InChI=1S/C22H35N3O2/c1-27-21-9-5-7-19(17-21)10-11-22(26)25(20-8-6-12-23-18-20)16-15-24-13-3-2-4-14-24/h5,7,9,17,20,23H,2-4,6,8,10-16,18H2,1H3. The first kappa shape index (κ1) is 20.2. The number of likely N-dealkylation sites (tertiary alicyclic amines) is 1. The monoisotopic (exact) mass is 373 g/mol. The van der Waals surface area contributed by atoms with Crippen molar-refractivity contribution in [3.63, 3.8) is 0 Å². The average molecular weight is 374 g/mol. The molecular weight excluding hydrogens is 338 g/mol. The number of aryl methyl sites for hydroxylation is 1. The molecule has 0 bridgehead atoms. The van der Waals surface area contributed by atoms with E-state index in [1.165, 1.54) is 37.9 Å². The minimum atomic E-state index is 0.295. The van der Waals surface area contributed by atoms with Crippen LogP contribution >= 0.6 is 0 Å². The molecule has 5 nitrogen and oxygen atoms in total. The first-order valence-electron chi connectivity index (χ1n) is 10.6. The number of carbonyl (C=O) groups excluding carboxylic acids is 1. The van der Waals surface area contributed by atoms with E-state index in [2.05, 4.69) is 21.2 Å². The van der Waals surface area contributed by atoms with E-state index in [9.17, 15) is 4.79 Å². The number of ether oxygens (including phenoxy) is 1. The van der Waals surface area contributed by atoms with E-state index in [-0.39, 0.29) is 0 Å². The molecule has 0 aliphatic carbocycles. The molecule has 1 N–H and O–H groups in total. The van der Waals surface area contributed by atoms with Crippen molar-refractivity contribution in [2.24, 2.45) is 0 Å². The Morgan fingerprint density at radius 1 is 1.26 bits per heavy atom. The van der Waals surface area contributed by atoms with Crippen LogP contribution in [-0.2, 0) is 11.2 Å². The Bertz CT molecular complexity index is 581. The Balaban J connectivity index is 1.56. The fourth-order valence-electron chi connectivity index (χ4n) is 4.27. The van der Waals surface area contributed by atoms with E-state index in [4.69, 9.17) is 4.74 Å². The van der Waals surface area contributed by atoms with E-state index in [1.54, 1.807) is 7.11 Å². The van der Waals surface area contributed by atoms with E-state index >= 15 is 0 Å². The van der Waals surface area contributed by atoms with Gasteiger partial charge in [-0.1, -0.05) is 18.6 Å². The van der Waals surface area contributed by atoms with Crippen molar-refractivity contribution in [1.82, 2.24) is 15.1 Å². The van der Waals surface area contributed by atoms with E-state index in [0.717, 1.165) is 51.2 Å². The number of nitrogens with one attached hydrogen (secondary N) is 1. The molecule has 0 saturated carbocycles. The summed E-state index contributed by atoms with van der Waals surface area (Å²) in [5.74, 6) is 1.15. The molecule has 5 heteroatoms. The normalized spacial score (nSPS) is 21.0. The summed E-state index contributed by atoms with van der Waals surface area (Å²) < 4.78 is 5.30. The lowest BCUT2D eigenvalue weighted by Crippen LogP contribution is -2.51. The quantitative estimate of drug-likeness (QED) is 0.761. The average Bonchev–Trinajstić information content (AvgIpc) is 2.74. The maximum atomic E-state index is 13.1. The maximum Gasteiger partial charge on any atom is 0.223 e. The highest BCUT2D eigenvalue weighted by Crippen LogP contribution is 2.17. The van der Waals surface area contributed by atoms with Crippen LogP contribution in [0.15, 0.2) is 24.3 Å². The molecule has 1 unspecified atom stereocenters. The largest absolute Gasteiger partial charge is 0.497 e. The molecule has 1 amide bonds. The van der Waals surface area contributed by atoms with Gasteiger partial charge in [-0.25, -0.2) is 0 Å². The second-order valence-corrected chi connectivity index (χ2v) is 7.84. The number of piperidine rings is 2. The zero-order valence-corrected chi connectivity index (χ0v) is 16.8. The van der Waals surface area contributed by atoms with Crippen LogP contribution in [0.3, 0.4) is 0 Å². The highest BCUT2D eigenvalue weighted by molar-refractivity contribution is 5.77. The topological polar surface area (TPSA) is 44.8 Å². The van der Waals surface area contributed by atoms with Gasteiger partial charge in [-0.2, -0.15) is 0 Å². The van der Waals surface area contributed by atoms with E-state index in [1.807, 2.05) is 18.2 Å². The first-order valence-corrected chi connectivity index (χ1v) is 10.6. The van der Waals surface area contributed by atoms with Crippen molar-refractivity contribution < 1.29 is 9.53 Å². The lowest BCUT2D eigenvalue weighted by atomic mass is 10.0. The molecule has 0 spiro atoms. The molecule has 2 aliphatic heterocycles.